The predicted molar refractivity (Wildman–Crippen MR) is 105 cm³/mol. The Morgan fingerprint density at radius 3 is 2.63 bits per heavy atom. The van der Waals surface area contributed by atoms with Crippen molar-refractivity contribution in [3.05, 3.63) is 23.9 Å². The molecule has 2 rings (SSSR count). The number of rotatable bonds is 7. The average Bonchev–Trinajstić information content (AvgIpc) is 2.70. The first-order valence-electron chi connectivity index (χ1n) is 9.71. The average molecular weight is 377 g/mol. The molecule has 0 atom stereocenters. The second-order valence-corrected chi connectivity index (χ2v) is 6.16. The second-order valence-electron chi connectivity index (χ2n) is 6.16. The molecule has 0 aromatic carbocycles. The Morgan fingerprint density at radius 2 is 1.96 bits per heavy atom. The van der Waals surface area contributed by atoms with Crippen LogP contribution in [0.1, 0.15) is 32.8 Å². The summed E-state index contributed by atoms with van der Waals surface area (Å²) in [5.41, 5.74) is 0.964. The van der Waals surface area contributed by atoms with Crippen LogP contribution in [0.15, 0.2) is 23.3 Å². The third-order valence-corrected chi connectivity index (χ3v) is 4.13. The highest BCUT2D eigenvalue weighted by atomic mass is 16.6. The van der Waals surface area contributed by atoms with Crippen LogP contribution in [-0.4, -0.2) is 72.8 Å². The van der Waals surface area contributed by atoms with Gasteiger partial charge in [0.2, 0.25) is 5.88 Å². The van der Waals surface area contributed by atoms with Crippen molar-refractivity contribution in [3.63, 3.8) is 0 Å². The van der Waals surface area contributed by atoms with Gasteiger partial charge in [0.1, 0.15) is 0 Å². The summed E-state index contributed by atoms with van der Waals surface area (Å²) in [6.45, 7) is 10.9. The number of piperazine rings is 1. The summed E-state index contributed by atoms with van der Waals surface area (Å²) in [5, 5.41) is 3.33. The van der Waals surface area contributed by atoms with E-state index in [9.17, 15) is 4.79 Å². The van der Waals surface area contributed by atoms with Crippen LogP contribution >= 0.6 is 0 Å². The summed E-state index contributed by atoms with van der Waals surface area (Å²) in [6, 6.07) is 3.89. The van der Waals surface area contributed by atoms with Crippen LogP contribution in [0.5, 0.6) is 5.88 Å². The molecule has 27 heavy (non-hydrogen) atoms. The number of carbonyl (C=O) groups excluding carboxylic acids is 1. The Labute approximate surface area is 161 Å². The smallest absolute Gasteiger partial charge is 0.409 e. The summed E-state index contributed by atoms with van der Waals surface area (Å²) in [6.07, 6.45) is 2.43. The van der Waals surface area contributed by atoms with Crippen LogP contribution in [0.2, 0.25) is 0 Å². The van der Waals surface area contributed by atoms with Crippen molar-refractivity contribution >= 4 is 12.1 Å². The molecule has 0 bridgehead atoms. The molecule has 8 nitrogen and oxygen atoms in total. The van der Waals surface area contributed by atoms with Crippen molar-refractivity contribution in [3.8, 4) is 5.88 Å². The Balaban J connectivity index is 2.00. The van der Waals surface area contributed by atoms with Gasteiger partial charge in [0.05, 0.1) is 19.8 Å². The van der Waals surface area contributed by atoms with Gasteiger partial charge in [-0.1, -0.05) is 13.0 Å². The van der Waals surface area contributed by atoms with Crippen LogP contribution < -0.4 is 10.1 Å². The molecule has 2 heterocycles. The highest BCUT2D eigenvalue weighted by Crippen LogP contribution is 2.16. The maximum atomic E-state index is 11.9. The zero-order valence-electron chi connectivity index (χ0n) is 16.6. The van der Waals surface area contributed by atoms with Crippen molar-refractivity contribution in [1.82, 2.24) is 20.1 Å². The minimum atomic E-state index is -0.243. The van der Waals surface area contributed by atoms with Crippen LogP contribution in [0.25, 0.3) is 0 Å². The number of nitrogens with one attached hydrogen (secondary N) is 1. The lowest BCUT2D eigenvalue weighted by atomic mass is 10.2. The largest absolute Gasteiger partial charge is 0.477 e. The van der Waals surface area contributed by atoms with Crippen molar-refractivity contribution in [2.24, 2.45) is 4.99 Å². The first kappa shape index (κ1) is 20.8. The van der Waals surface area contributed by atoms with Gasteiger partial charge in [0, 0.05) is 44.5 Å². The van der Waals surface area contributed by atoms with Gasteiger partial charge in [-0.3, -0.25) is 0 Å². The van der Waals surface area contributed by atoms with E-state index < -0.39 is 0 Å². The number of ether oxygens (including phenoxy) is 2. The summed E-state index contributed by atoms with van der Waals surface area (Å²) in [5.74, 6) is 1.48. The molecule has 1 aromatic rings. The number of hydrogen-bond donors (Lipinski definition) is 1. The monoisotopic (exact) mass is 377 g/mol. The number of aliphatic imine (C=N–C) groups is 1. The van der Waals surface area contributed by atoms with Crippen molar-refractivity contribution < 1.29 is 14.3 Å². The first-order chi connectivity index (χ1) is 13.2. The molecule has 0 radical (unpaired) electrons. The van der Waals surface area contributed by atoms with E-state index in [1.54, 1.807) is 11.1 Å². The number of hydrogen-bond acceptors (Lipinski definition) is 5. The number of carbonyl (C=O) groups is 1. The van der Waals surface area contributed by atoms with Gasteiger partial charge in [0.15, 0.2) is 5.96 Å². The molecule has 150 valence electrons. The van der Waals surface area contributed by atoms with Gasteiger partial charge in [-0.2, -0.15) is 0 Å². The fourth-order valence-electron chi connectivity index (χ4n) is 2.77. The summed E-state index contributed by atoms with van der Waals surface area (Å²) in [4.78, 5) is 24.8. The maximum absolute atomic E-state index is 11.9. The molecule has 1 aromatic heterocycles. The van der Waals surface area contributed by atoms with Crippen molar-refractivity contribution in [2.45, 2.75) is 33.7 Å². The zero-order valence-corrected chi connectivity index (χ0v) is 16.6. The molecular formula is C19H31N5O3. The molecule has 0 saturated carbocycles. The molecule has 1 N–H and O–H groups in total. The standard InChI is InChI=1S/C19H31N5O3/c1-4-14-27-17-16(8-7-9-21-17)15-22-18(20-5-2)23-10-12-24(13-11-23)19(25)26-6-3/h7-9H,4-6,10-15H2,1-3H3,(H,20,22). The number of nitrogens with zero attached hydrogens (tertiary/aromatic N) is 4. The van der Waals surface area contributed by atoms with Crippen molar-refractivity contribution in [1.29, 1.82) is 0 Å². The topological polar surface area (TPSA) is 79.3 Å². The Morgan fingerprint density at radius 1 is 1.22 bits per heavy atom. The molecule has 0 spiro atoms. The van der Waals surface area contributed by atoms with Crippen LogP contribution in [-0.2, 0) is 11.3 Å². The molecule has 1 fully saturated rings. The Hall–Kier alpha value is -2.51. The van der Waals surface area contributed by atoms with E-state index in [4.69, 9.17) is 14.5 Å². The SMILES string of the molecule is CCCOc1ncccc1CN=C(NCC)N1CCN(C(=O)OCC)CC1. The minimum absolute atomic E-state index is 0.243. The van der Waals surface area contributed by atoms with Gasteiger partial charge in [-0.25, -0.2) is 14.8 Å². The number of aromatic nitrogens is 1. The molecule has 0 aliphatic carbocycles. The van der Waals surface area contributed by atoms with Gasteiger partial charge in [-0.05, 0) is 26.3 Å². The summed E-state index contributed by atoms with van der Waals surface area (Å²) in [7, 11) is 0. The van der Waals surface area contributed by atoms with Gasteiger partial charge in [0.25, 0.3) is 0 Å². The third kappa shape index (κ3) is 6.30. The lowest BCUT2D eigenvalue weighted by Gasteiger charge is -2.35. The third-order valence-electron chi connectivity index (χ3n) is 4.13. The van der Waals surface area contributed by atoms with Crippen molar-refractivity contribution in [2.75, 3.05) is 45.9 Å². The fourth-order valence-corrected chi connectivity index (χ4v) is 2.77. The highest BCUT2D eigenvalue weighted by Gasteiger charge is 2.23. The van der Waals surface area contributed by atoms with E-state index in [2.05, 4.69) is 22.1 Å². The summed E-state index contributed by atoms with van der Waals surface area (Å²) >= 11 is 0. The lowest BCUT2D eigenvalue weighted by molar-refractivity contribution is 0.0914. The molecule has 1 saturated heterocycles. The van der Waals surface area contributed by atoms with E-state index in [1.165, 1.54) is 0 Å². The van der Waals surface area contributed by atoms with Crippen LogP contribution in [0.3, 0.4) is 0 Å². The minimum Gasteiger partial charge on any atom is -0.477 e. The van der Waals surface area contributed by atoms with E-state index in [0.29, 0.717) is 38.7 Å². The molecule has 1 amide bonds. The van der Waals surface area contributed by atoms with Gasteiger partial charge >= 0.3 is 6.09 Å². The predicted octanol–water partition coefficient (Wildman–Crippen LogP) is 2.11. The molecule has 8 heteroatoms. The molecular weight excluding hydrogens is 346 g/mol. The van der Waals surface area contributed by atoms with E-state index in [-0.39, 0.29) is 6.09 Å². The number of amides is 1. The summed E-state index contributed by atoms with van der Waals surface area (Å²) < 4.78 is 10.8. The van der Waals surface area contributed by atoms with E-state index in [1.807, 2.05) is 26.0 Å². The Bertz CT molecular complexity index is 615. The Kier molecular flexibility index (Phi) is 8.67. The highest BCUT2D eigenvalue weighted by molar-refractivity contribution is 5.80. The van der Waals surface area contributed by atoms with E-state index in [0.717, 1.165) is 37.6 Å². The molecule has 1 aliphatic heterocycles. The van der Waals surface area contributed by atoms with Gasteiger partial charge in [-0.15, -0.1) is 0 Å². The second kappa shape index (κ2) is 11.3. The van der Waals surface area contributed by atoms with Crippen LogP contribution in [0.4, 0.5) is 4.79 Å². The zero-order chi connectivity index (χ0) is 19.5. The van der Waals surface area contributed by atoms with Gasteiger partial charge < -0.3 is 24.6 Å². The number of guanidine groups is 1. The lowest BCUT2D eigenvalue weighted by Crippen LogP contribution is -2.53. The van der Waals surface area contributed by atoms with Crippen LogP contribution in [0, 0.1) is 0 Å². The van der Waals surface area contributed by atoms with E-state index >= 15 is 0 Å². The molecule has 0 unspecified atom stereocenters. The first-order valence-corrected chi connectivity index (χ1v) is 9.71. The fraction of sp³-hybridized carbons (Fsp3) is 0.632. The maximum Gasteiger partial charge on any atom is 0.409 e. The molecule has 1 aliphatic rings. The quantitative estimate of drug-likeness (QED) is 0.579. The number of pyridine rings is 1. The normalized spacial score (nSPS) is 14.9.